The Morgan fingerprint density at radius 2 is 1.69 bits per heavy atom. The molecule has 0 heterocycles. The van der Waals surface area contributed by atoms with Crippen LogP contribution in [0.5, 0.6) is 5.75 Å². The Balaban J connectivity index is 2.11. The molecule has 2 aromatic carbocycles. The maximum absolute atomic E-state index is 13.0. The highest BCUT2D eigenvalue weighted by Gasteiger charge is 2.36. The number of ether oxygens (including phenoxy) is 2. The second kappa shape index (κ2) is 12.5. The largest absolute Gasteiger partial charge is 0.488 e. The van der Waals surface area contributed by atoms with Crippen molar-refractivity contribution in [3.8, 4) is 17.6 Å². The maximum atomic E-state index is 13.0. The lowest BCUT2D eigenvalue weighted by molar-refractivity contribution is -0.150. The van der Waals surface area contributed by atoms with Gasteiger partial charge in [0.25, 0.3) is 0 Å². The second-order valence-corrected chi connectivity index (χ2v) is 8.66. The van der Waals surface area contributed by atoms with Crippen LogP contribution in [0.25, 0.3) is 0 Å². The number of allylic oxidation sites excluding steroid dienone is 1. The van der Waals surface area contributed by atoms with Crippen LogP contribution in [0.15, 0.2) is 48.0 Å². The van der Waals surface area contributed by atoms with Gasteiger partial charge in [0.1, 0.15) is 12.4 Å². The molecule has 0 bridgehead atoms. The number of carboxylic acid groups (broad SMARTS) is 1. The van der Waals surface area contributed by atoms with Gasteiger partial charge in [-0.1, -0.05) is 17.9 Å². The Kier molecular flexibility index (Phi) is 10.2. The fourth-order valence-corrected chi connectivity index (χ4v) is 3.66. The van der Waals surface area contributed by atoms with Gasteiger partial charge in [-0.2, -0.15) is 26.3 Å². The van der Waals surface area contributed by atoms with E-state index in [9.17, 15) is 36.2 Å². The van der Waals surface area contributed by atoms with Gasteiger partial charge in [0, 0.05) is 18.6 Å². The third-order valence-electron chi connectivity index (χ3n) is 4.68. The summed E-state index contributed by atoms with van der Waals surface area (Å²) in [5.74, 6) is 4.32. The van der Waals surface area contributed by atoms with Crippen LogP contribution in [0, 0.1) is 15.4 Å². The van der Waals surface area contributed by atoms with Crippen LogP contribution in [0.4, 0.5) is 26.3 Å². The van der Waals surface area contributed by atoms with E-state index < -0.39 is 41.1 Å². The predicted molar refractivity (Wildman–Crippen MR) is 128 cm³/mol. The molecule has 0 aliphatic rings. The summed E-state index contributed by atoms with van der Waals surface area (Å²) in [7, 11) is 0. The third kappa shape index (κ3) is 9.05. The fourth-order valence-electron chi connectivity index (χ4n) is 2.93. The van der Waals surface area contributed by atoms with Crippen molar-refractivity contribution in [2.45, 2.75) is 38.7 Å². The van der Waals surface area contributed by atoms with Crippen LogP contribution in [0.1, 0.15) is 36.1 Å². The third-order valence-corrected chi connectivity index (χ3v) is 5.52. The molecule has 36 heavy (non-hydrogen) atoms. The molecule has 0 spiro atoms. The van der Waals surface area contributed by atoms with Crippen molar-refractivity contribution >= 4 is 28.6 Å². The molecule has 2 rings (SSSR count). The topological polar surface area (TPSA) is 55.8 Å². The van der Waals surface area contributed by atoms with Gasteiger partial charge in [0.15, 0.2) is 6.10 Å². The summed E-state index contributed by atoms with van der Waals surface area (Å²) in [5.41, 5.74) is -2.15. The van der Waals surface area contributed by atoms with Crippen molar-refractivity contribution in [3.63, 3.8) is 0 Å². The summed E-state index contributed by atoms with van der Waals surface area (Å²) in [6, 6.07) is 6.31. The minimum Gasteiger partial charge on any atom is -0.488 e. The summed E-state index contributed by atoms with van der Waals surface area (Å²) in [6.07, 6.45) is -9.14. The molecule has 0 unspecified atom stereocenters. The minimum atomic E-state index is -4.94. The number of alkyl halides is 6. The molecule has 1 atom stereocenters. The van der Waals surface area contributed by atoms with Crippen molar-refractivity contribution < 1.29 is 45.7 Å². The highest BCUT2D eigenvalue weighted by atomic mass is 127. The molecule has 0 fully saturated rings. The zero-order valence-electron chi connectivity index (χ0n) is 19.1. The zero-order chi connectivity index (χ0) is 27.1. The predicted octanol–water partition coefficient (Wildman–Crippen LogP) is 6.74. The first-order chi connectivity index (χ1) is 16.7. The summed E-state index contributed by atoms with van der Waals surface area (Å²) in [6.45, 7) is 3.56. The Bertz CT molecular complexity index is 1140. The molecular formula is C25H21F6IO4. The average Bonchev–Trinajstić information content (AvgIpc) is 2.77. The molecular weight excluding hydrogens is 605 g/mol. The Morgan fingerprint density at radius 3 is 2.19 bits per heavy atom. The second-order valence-electron chi connectivity index (χ2n) is 7.49. The van der Waals surface area contributed by atoms with E-state index in [0.29, 0.717) is 27.0 Å². The number of carboxylic acids is 1. The highest BCUT2D eigenvalue weighted by molar-refractivity contribution is 14.1. The first-order valence-electron chi connectivity index (χ1n) is 10.4. The van der Waals surface area contributed by atoms with Gasteiger partial charge >= 0.3 is 18.3 Å². The summed E-state index contributed by atoms with van der Waals surface area (Å²) >= 11 is 2.03. The van der Waals surface area contributed by atoms with Crippen molar-refractivity contribution in [2.75, 3.05) is 13.2 Å². The molecule has 0 saturated heterocycles. The maximum Gasteiger partial charge on any atom is 0.416 e. The van der Waals surface area contributed by atoms with Crippen LogP contribution in [0.2, 0.25) is 0 Å². The van der Waals surface area contributed by atoms with E-state index in [1.807, 2.05) is 22.6 Å². The Morgan fingerprint density at radius 1 is 1.08 bits per heavy atom. The normalized spacial score (nSPS) is 13.1. The van der Waals surface area contributed by atoms with Gasteiger partial charge < -0.3 is 14.6 Å². The van der Waals surface area contributed by atoms with Crippen molar-refractivity contribution in [3.05, 3.63) is 73.9 Å². The quantitative estimate of drug-likeness (QED) is 0.201. The van der Waals surface area contributed by atoms with Gasteiger partial charge in [-0.05, 0) is 84.0 Å². The van der Waals surface area contributed by atoms with Crippen LogP contribution in [-0.4, -0.2) is 30.4 Å². The number of benzene rings is 2. The van der Waals surface area contributed by atoms with E-state index in [4.69, 9.17) is 9.47 Å². The molecule has 0 aliphatic heterocycles. The molecule has 0 radical (unpaired) electrons. The summed E-state index contributed by atoms with van der Waals surface area (Å²) in [5, 5.41) is 9.20. The van der Waals surface area contributed by atoms with Crippen LogP contribution >= 0.6 is 22.6 Å². The van der Waals surface area contributed by atoms with Crippen molar-refractivity contribution in [2.24, 2.45) is 0 Å². The Labute approximate surface area is 217 Å². The minimum absolute atomic E-state index is 0.0446. The standard InChI is InChI=1S/C25H21F6IO4/c1-3-35-22(23(33)34)13-17-6-7-21(20(32)12-17)36-9-8-15(2)4-5-16-10-18(24(26,27)28)14-19(11-16)25(29,30)31/h6-8,10-12,14,22H,3,9,13H2,1-2H3,(H,33,34)/b15-8-/t22-/m0/s1. The van der Waals surface area contributed by atoms with Crippen molar-refractivity contribution in [1.29, 1.82) is 0 Å². The Hall–Kier alpha value is -2.72. The van der Waals surface area contributed by atoms with E-state index in [0.717, 1.165) is 5.56 Å². The fraction of sp³-hybridized carbons (Fsp3) is 0.320. The number of rotatable bonds is 8. The van der Waals surface area contributed by atoms with E-state index in [1.165, 1.54) is 6.08 Å². The molecule has 0 aromatic heterocycles. The molecule has 194 valence electrons. The van der Waals surface area contributed by atoms with Gasteiger partial charge in [-0.3, -0.25) is 0 Å². The van der Waals surface area contributed by atoms with E-state index in [2.05, 4.69) is 11.8 Å². The lowest BCUT2D eigenvalue weighted by atomic mass is 10.0. The van der Waals surface area contributed by atoms with Crippen molar-refractivity contribution in [1.82, 2.24) is 0 Å². The highest BCUT2D eigenvalue weighted by Crippen LogP contribution is 2.36. The van der Waals surface area contributed by atoms with Crippen LogP contribution in [0.3, 0.4) is 0 Å². The molecule has 1 N–H and O–H groups in total. The number of hydrogen-bond acceptors (Lipinski definition) is 3. The number of hydrogen-bond donors (Lipinski definition) is 1. The first kappa shape index (κ1) is 29.5. The smallest absolute Gasteiger partial charge is 0.416 e. The van der Waals surface area contributed by atoms with Crippen LogP contribution in [-0.2, 0) is 28.3 Å². The average molecular weight is 626 g/mol. The van der Waals surface area contributed by atoms with E-state index in [1.54, 1.807) is 32.0 Å². The van der Waals surface area contributed by atoms with Gasteiger partial charge in [0.05, 0.1) is 14.7 Å². The lowest BCUT2D eigenvalue weighted by Crippen LogP contribution is -2.26. The molecule has 11 heteroatoms. The van der Waals surface area contributed by atoms with Gasteiger partial charge in [-0.25, -0.2) is 4.79 Å². The lowest BCUT2D eigenvalue weighted by Gasteiger charge is -2.13. The number of carbonyl (C=O) groups is 1. The number of aliphatic carboxylic acids is 1. The van der Waals surface area contributed by atoms with E-state index in [-0.39, 0.29) is 25.7 Å². The zero-order valence-corrected chi connectivity index (χ0v) is 21.2. The molecule has 0 saturated carbocycles. The molecule has 0 amide bonds. The first-order valence-corrected chi connectivity index (χ1v) is 11.5. The molecule has 0 aliphatic carbocycles. The van der Waals surface area contributed by atoms with Crippen LogP contribution < -0.4 is 4.74 Å². The molecule has 2 aromatic rings. The van der Waals surface area contributed by atoms with Gasteiger partial charge in [-0.15, -0.1) is 0 Å². The summed E-state index contributed by atoms with van der Waals surface area (Å²) < 4.78 is 89.4. The van der Waals surface area contributed by atoms with E-state index >= 15 is 0 Å². The molecule has 4 nitrogen and oxygen atoms in total. The van der Waals surface area contributed by atoms with Gasteiger partial charge in [0.2, 0.25) is 0 Å². The number of halogens is 7. The monoisotopic (exact) mass is 626 g/mol. The summed E-state index contributed by atoms with van der Waals surface area (Å²) in [4.78, 5) is 11.2. The SMILES string of the molecule is CCO[C@@H](Cc1ccc(OC/C=C(/C)C#Cc2cc(C(F)(F)F)cc(C(F)(F)F)c2)c(I)c1)C(=O)O.